The molecule has 0 bridgehead atoms. The average Bonchev–Trinajstić information content (AvgIpc) is 2.48. The van der Waals surface area contributed by atoms with Crippen LogP contribution in [0.3, 0.4) is 0 Å². The summed E-state index contributed by atoms with van der Waals surface area (Å²) in [5.41, 5.74) is 0. The van der Waals surface area contributed by atoms with Gasteiger partial charge in [0.1, 0.15) is 0 Å². The highest BCUT2D eigenvalue weighted by molar-refractivity contribution is 4.76. The molecule has 0 aliphatic heterocycles. The summed E-state index contributed by atoms with van der Waals surface area (Å²) in [4.78, 5) is 3.44. The van der Waals surface area contributed by atoms with Crippen molar-refractivity contribution in [3.8, 4) is 0 Å². The van der Waals surface area contributed by atoms with Crippen LogP contribution in [0.2, 0.25) is 0 Å². The van der Waals surface area contributed by atoms with Crippen LogP contribution in [0.4, 0.5) is 0 Å². The Labute approximate surface area is 125 Å². The monoisotopic (exact) mass is 283 g/mol. The molecule has 0 aromatic carbocycles. The van der Waals surface area contributed by atoms with Crippen molar-refractivity contribution in [2.75, 3.05) is 20.8 Å². The quantitative estimate of drug-likeness (QED) is 0.268. The number of hydrogen-bond acceptors (Lipinski definition) is 2. The first-order chi connectivity index (χ1) is 9.64. The number of hydrogen-bond donors (Lipinski definition) is 0. The Morgan fingerprint density at radius 1 is 0.950 bits per heavy atom. The van der Waals surface area contributed by atoms with Crippen LogP contribution in [0.15, 0.2) is 0 Å². The molecule has 3 nitrogen and oxygen atoms in total. The molecule has 20 heavy (non-hydrogen) atoms. The maximum absolute atomic E-state index is 6.89. The Morgan fingerprint density at radius 2 is 1.50 bits per heavy atom. The molecule has 0 rings (SSSR count). The summed E-state index contributed by atoms with van der Waals surface area (Å²) in [6.45, 7) is 11.8. The molecule has 0 spiro atoms. The van der Waals surface area contributed by atoms with E-state index in [2.05, 4.69) is 11.8 Å². The van der Waals surface area contributed by atoms with E-state index in [1.807, 2.05) is 6.92 Å². The summed E-state index contributed by atoms with van der Waals surface area (Å²) in [6, 6.07) is 0. The Bertz CT molecular complexity index is 256. The van der Waals surface area contributed by atoms with Crippen LogP contribution >= 0.6 is 0 Å². The highest BCUT2D eigenvalue weighted by atomic mass is 16.7. The van der Waals surface area contributed by atoms with E-state index >= 15 is 0 Å². The minimum atomic E-state index is -0.508. The van der Waals surface area contributed by atoms with Crippen molar-refractivity contribution in [1.29, 1.82) is 0 Å². The normalized spacial score (nSPS) is 13.2. The van der Waals surface area contributed by atoms with Crippen LogP contribution in [-0.4, -0.2) is 26.6 Å². The second-order valence-electron chi connectivity index (χ2n) is 5.70. The van der Waals surface area contributed by atoms with Gasteiger partial charge in [0.15, 0.2) is 5.79 Å². The molecule has 0 fully saturated rings. The first kappa shape index (κ1) is 19.4. The summed E-state index contributed by atoms with van der Waals surface area (Å²) in [5.74, 6) is -0.128. The van der Waals surface area contributed by atoms with Crippen molar-refractivity contribution < 1.29 is 9.47 Å². The first-order valence-corrected chi connectivity index (χ1v) is 8.08. The van der Waals surface area contributed by atoms with Gasteiger partial charge in [-0.1, -0.05) is 45.4 Å². The van der Waals surface area contributed by atoms with Crippen LogP contribution in [0, 0.1) is 12.5 Å². The van der Waals surface area contributed by atoms with Crippen molar-refractivity contribution in [2.24, 2.45) is 5.92 Å². The molecule has 0 heterocycles. The Balaban J connectivity index is 4.14. The van der Waals surface area contributed by atoms with Crippen LogP contribution in [0.5, 0.6) is 0 Å². The summed E-state index contributed by atoms with van der Waals surface area (Å²) >= 11 is 0. The molecule has 1 unspecified atom stereocenters. The topological polar surface area (TPSA) is 22.8 Å². The van der Waals surface area contributed by atoms with Crippen LogP contribution in [0.25, 0.3) is 4.85 Å². The maximum Gasteiger partial charge on any atom is 0.214 e. The lowest BCUT2D eigenvalue weighted by Gasteiger charge is -2.35. The van der Waals surface area contributed by atoms with Crippen molar-refractivity contribution in [3.05, 3.63) is 11.4 Å². The third kappa shape index (κ3) is 7.87. The SMILES string of the molecule is [C-]#[N+]CCCC(CCCCCCCC)C(C)(OC)OC. The summed E-state index contributed by atoms with van der Waals surface area (Å²) in [5, 5.41) is 0. The van der Waals surface area contributed by atoms with E-state index in [9.17, 15) is 0 Å². The number of nitrogens with zero attached hydrogens (tertiary/aromatic N) is 1. The average molecular weight is 283 g/mol. The lowest BCUT2D eigenvalue weighted by atomic mass is 9.88. The molecule has 1 atom stereocenters. The zero-order chi connectivity index (χ0) is 15.3. The molecular formula is C17H33NO2. The van der Waals surface area contributed by atoms with Gasteiger partial charge in [0, 0.05) is 26.6 Å². The van der Waals surface area contributed by atoms with Gasteiger partial charge in [-0.2, -0.15) is 0 Å². The summed E-state index contributed by atoms with van der Waals surface area (Å²) in [7, 11) is 3.43. The van der Waals surface area contributed by atoms with E-state index in [1.54, 1.807) is 14.2 Å². The van der Waals surface area contributed by atoms with Crippen molar-refractivity contribution >= 4 is 0 Å². The summed E-state index contributed by atoms with van der Waals surface area (Å²) < 4.78 is 11.2. The van der Waals surface area contributed by atoms with E-state index < -0.39 is 5.79 Å². The lowest BCUT2D eigenvalue weighted by molar-refractivity contribution is -0.230. The van der Waals surface area contributed by atoms with E-state index in [4.69, 9.17) is 16.0 Å². The molecule has 0 aliphatic carbocycles. The Kier molecular flexibility index (Phi) is 11.8. The predicted octanol–water partition coefficient (Wildman–Crippen LogP) is 5.06. The van der Waals surface area contributed by atoms with Gasteiger partial charge in [0.25, 0.3) is 0 Å². The second-order valence-corrected chi connectivity index (χ2v) is 5.70. The standard InChI is InChI=1S/C17H33NO2/c1-6-7-8-9-10-11-13-16(14-12-15-18-3)17(2,19-4)20-5/h16H,6-15H2,1-2,4-5H3. The zero-order valence-electron chi connectivity index (χ0n) is 13.9. The van der Waals surface area contributed by atoms with Gasteiger partial charge < -0.3 is 14.3 Å². The molecule has 0 aliphatic rings. The molecule has 0 saturated heterocycles. The van der Waals surface area contributed by atoms with Gasteiger partial charge in [-0.3, -0.25) is 0 Å². The van der Waals surface area contributed by atoms with E-state index in [0.717, 1.165) is 19.3 Å². The minimum Gasteiger partial charge on any atom is -0.353 e. The third-order valence-electron chi connectivity index (χ3n) is 4.28. The first-order valence-electron chi connectivity index (χ1n) is 8.08. The minimum absolute atomic E-state index is 0.380. The van der Waals surface area contributed by atoms with Gasteiger partial charge in [-0.25, -0.2) is 6.57 Å². The second kappa shape index (κ2) is 12.2. The molecule has 0 radical (unpaired) electrons. The molecule has 0 aromatic rings. The fourth-order valence-corrected chi connectivity index (χ4v) is 2.67. The number of methoxy groups -OCH3 is 2. The van der Waals surface area contributed by atoms with Gasteiger partial charge in [-0.05, 0) is 19.8 Å². The highest BCUT2D eigenvalue weighted by Gasteiger charge is 2.33. The van der Waals surface area contributed by atoms with Crippen molar-refractivity contribution in [3.63, 3.8) is 0 Å². The molecule has 0 N–H and O–H groups in total. The van der Waals surface area contributed by atoms with Crippen LogP contribution in [0.1, 0.15) is 71.6 Å². The van der Waals surface area contributed by atoms with Gasteiger partial charge in [0.2, 0.25) is 6.54 Å². The van der Waals surface area contributed by atoms with Crippen LogP contribution in [-0.2, 0) is 9.47 Å². The molecule has 0 amide bonds. The van der Waals surface area contributed by atoms with E-state index in [-0.39, 0.29) is 0 Å². The number of ether oxygens (including phenoxy) is 2. The van der Waals surface area contributed by atoms with E-state index in [1.165, 1.54) is 38.5 Å². The Hall–Kier alpha value is -0.590. The predicted molar refractivity (Wildman–Crippen MR) is 84.6 cm³/mol. The number of rotatable bonds is 13. The van der Waals surface area contributed by atoms with Crippen molar-refractivity contribution in [1.82, 2.24) is 0 Å². The molecule has 3 heteroatoms. The van der Waals surface area contributed by atoms with E-state index in [0.29, 0.717) is 12.5 Å². The summed E-state index contributed by atoms with van der Waals surface area (Å²) in [6.07, 6.45) is 10.9. The maximum atomic E-state index is 6.89. The number of unbranched alkanes of at least 4 members (excludes halogenated alkanes) is 5. The molecule has 118 valence electrons. The zero-order valence-corrected chi connectivity index (χ0v) is 13.9. The molecule has 0 aromatic heterocycles. The largest absolute Gasteiger partial charge is 0.353 e. The van der Waals surface area contributed by atoms with Gasteiger partial charge >= 0.3 is 0 Å². The van der Waals surface area contributed by atoms with Gasteiger partial charge in [0.05, 0.1) is 0 Å². The Morgan fingerprint density at radius 3 is 2.05 bits per heavy atom. The third-order valence-corrected chi connectivity index (χ3v) is 4.28. The lowest BCUT2D eigenvalue weighted by Crippen LogP contribution is -2.39. The highest BCUT2D eigenvalue weighted by Crippen LogP contribution is 2.31. The molecule has 0 saturated carbocycles. The molecular weight excluding hydrogens is 250 g/mol. The van der Waals surface area contributed by atoms with Crippen molar-refractivity contribution in [2.45, 2.75) is 77.4 Å². The fourth-order valence-electron chi connectivity index (χ4n) is 2.67. The smallest absolute Gasteiger partial charge is 0.214 e. The van der Waals surface area contributed by atoms with Gasteiger partial charge in [-0.15, -0.1) is 0 Å². The fraction of sp³-hybridized carbons (Fsp3) is 0.941. The van der Waals surface area contributed by atoms with Crippen LogP contribution < -0.4 is 0 Å².